The average Bonchev–Trinajstić information content (AvgIpc) is 3.07. The van der Waals surface area contributed by atoms with Crippen LogP contribution in [0.15, 0.2) is 46.0 Å². The molecule has 148 valence electrons. The predicted octanol–water partition coefficient (Wildman–Crippen LogP) is 3.59. The van der Waals surface area contributed by atoms with Crippen LogP contribution in [0.4, 0.5) is 0 Å². The molecule has 1 aliphatic rings. The lowest BCUT2D eigenvalue weighted by atomic mass is 9.91. The van der Waals surface area contributed by atoms with E-state index in [1.165, 1.54) is 15.9 Å². The Bertz CT molecular complexity index is 1350. The first kappa shape index (κ1) is 18.3. The first-order valence-corrected chi connectivity index (χ1v) is 10.5. The summed E-state index contributed by atoms with van der Waals surface area (Å²) >= 11 is 1.35. The fraction of sp³-hybridized carbons (Fsp3) is 0.318. The molecule has 1 N–H and O–H groups in total. The third-order valence-electron chi connectivity index (χ3n) is 5.82. The van der Waals surface area contributed by atoms with Crippen LogP contribution in [0.1, 0.15) is 37.1 Å². The zero-order valence-electron chi connectivity index (χ0n) is 16.3. The van der Waals surface area contributed by atoms with E-state index in [9.17, 15) is 9.59 Å². The largest absolute Gasteiger partial charge is 0.370 e. The van der Waals surface area contributed by atoms with Gasteiger partial charge in [0.25, 0.3) is 5.56 Å². The number of H-pyrrole nitrogens is 1. The smallest absolute Gasteiger partial charge is 0.329 e. The molecule has 3 aromatic heterocycles. The maximum atomic E-state index is 13.1. The highest BCUT2D eigenvalue weighted by Gasteiger charge is 2.31. The number of nitrogens with one attached hydrogen (secondary N) is 1. The molecule has 0 fully saturated rings. The fourth-order valence-corrected chi connectivity index (χ4v) is 4.92. The molecule has 1 aliphatic heterocycles. The van der Waals surface area contributed by atoms with Gasteiger partial charge in [-0.15, -0.1) is 11.3 Å². The molecule has 1 unspecified atom stereocenters. The summed E-state index contributed by atoms with van der Waals surface area (Å²) in [4.78, 5) is 34.3. The molecular weight excluding hydrogens is 386 g/mol. The van der Waals surface area contributed by atoms with E-state index in [1.807, 2.05) is 36.4 Å². The van der Waals surface area contributed by atoms with Crippen LogP contribution >= 0.6 is 11.3 Å². The van der Waals surface area contributed by atoms with Gasteiger partial charge in [0.1, 0.15) is 9.53 Å². The Balaban J connectivity index is 1.67. The number of hydrogen-bond donors (Lipinski definition) is 1. The van der Waals surface area contributed by atoms with Gasteiger partial charge in [-0.25, -0.2) is 9.78 Å². The lowest BCUT2D eigenvalue weighted by molar-refractivity contribution is -0.0573. The highest BCUT2D eigenvalue weighted by atomic mass is 32.1. The molecule has 0 amide bonds. The van der Waals surface area contributed by atoms with Crippen LogP contribution in [0.5, 0.6) is 0 Å². The Kier molecular flexibility index (Phi) is 4.18. The van der Waals surface area contributed by atoms with Crippen molar-refractivity contribution in [3.63, 3.8) is 0 Å². The number of fused-ring (bicyclic) bond motifs is 4. The lowest BCUT2D eigenvalue weighted by Crippen LogP contribution is -2.35. The summed E-state index contributed by atoms with van der Waals surface area (Å²) in [6, 6.07) is 11.5. The van der Waals surface area contributed by atoms with E-state index in [4.69, 9.17) is 9.72 Å². The zero-order chi connectivity index (χ0) is 20.2. The van der Waals surface area contributed by atoms with Gasteiger partial charge in [-0.05, 0) is 25.0 Å². The van der Waals surface area contributed by atoms with E-state index in [1.54, 1.807) is 0 Å². The molecule has 5 rings (SSSR count). The highest BCUT2D eigenvalue weighted by molar-refractivity contribution is 7.25. The summed E-state index contributed by atoms with van der Waals surface area (Å²) in [5.41, 5.74) is 2.64. The molecule has 0 spiro atoms. The molecule has 7 heteroatoms. The Hall–Kier alpha value is -2.77. The number of benzene rings is 1. The van der Waals surface area contributed by atoms with Crippen LogP contribution < -0.4 is 11.2 Å². The first-order valence-electron chi connectivity index (χ1n) is 9.73. The van der Waals surface area contributed by atoms with Crippen molar-refractivity contribution in [1.29, 1.82) is 0 Å². The normalized spacial score (nSPS) is 19.0. The third kappa shape index (κ3) is 3.01. The molecular formula is C22H21N3O3S. The second kappa shape index (κ2) is 6.64. The van der Waals surface area contributed by atoms with Crippen LogP contribution in [-0.4, -0.2) is 20.1 Å². The molecule has 0 aliphatic carbocycles. The molecule has 4 heterocycles. The van der Waals surface area contributed by atoms with Crippen molar-refractivity contribution in [3.8, 4) is 0 Å². The van der Waals surface area contributed by atoms with Crippen molar-refractivity contribution in [2.45, 2.75) is 45.4 Å². The van der Waals surface area contributed by atoms with Crippen molar-refractivity contribution in [2.24, 2.45) is 0 Å². The molecule has 1 aromatic carbocycles. The molecule has 29 heavy (non-hydrogen) atoms. The summed E-state index contributed by atoms with van der Waals surface area (Å²) in [5.74, 6) is 0. The summed E-state index contributed by atoms with van der Waals surface area (Å²) in [6.45, 7) is 4.95. The van der Waals surface area contributed by atoms with Gasteiger partial charge in [0.15, 0.2) is 0 Å². The molecule has 4 aromatic rings. The predicted molar refractivity (Wildman–Crippen MR) is 115 cm³/mol. The van der Waals surface area contributed by atoms with E-state index >= 15 is 0 Å². The number of thiophene rings is 1. The van der Waals surface area contributed by atoms with E-state index in [-0.39, 0.29) is 17.7 Å². The molecule has 0 radical (unpaired) electrons. The van der Waals surface area contributed by atoms with Crippen molar-refractivity contribution in [2.75, 3.05) is 0 Å². The van der Waals surface area contributed by atoms with Crippen LogP contribution in [0.3, 0.4) is 0 Å². The molecule has 6 nitrogen and oxygen atoms in total. The molecule has 0 saturated heterocycles. The van der Waals surface area contributed by atoms with Crippen molar-refractivity contribution in [3.05, 3.63) is 74.1 Å². The van der Waals surface area contributed by atoms with Gasteiger partial charge in [-0.1, -0.05) is 37.3 Å². The number of aromatic nitrogens is 3. The second-order valence-corrected chi connectivity index (χ2v) is 8.83. The second-order valence-electron chi connectivity index (χ2n) is 7.83. The lowest BCUT2D eigenvalue weighted by Gasteiger charge is -2.33. The summed E-state index contributed by atoms with van der Waals surface area (Å²) < 4.78 is 7.82. The minimum absolute atomic E-state index is 0.207. The SMILES string of the molecule is CCC1(C)Cc2nc3sc4c(=O)n(Cc5ccccc5)c(=O)[nH]c4c3cc2CO1. The van der Waals surface area contributed by atoms with Crippen LogP contribution in [-0.2, 0) is 24.3 Å². The number of ether oxygens (including phenoxy) is 1. The van der Waals surface area contributed by atoms with E-state index < -0.39 is 5.69 Å². The van der Waals surface area contributed by atoms with Crippen LogP contribution in [0.2, 0.25) is 0 Å². The monoisotopic (exact) mass is 407 g/mol. The van der Waals surface area contributed by atoms with Gasteiger partial charge in [0.05, 0.1) is 30.0 Å². The molecule has 0 bridgehead atoms. The maximum absolute atomic E-state index is 13.1. The minimum atomic E-state index is -0.404. The number of nitrogens with zero attached hydrogens (tertiary/aromatic N) is 2. The summed E-state index contributed by atoms with van der Waals surface area (Å²) in [5, 5.41) is 0.813. The van der Waals surface area contributed by atoms with E-state index in [2.05, 4.69) is 18.8 Å². The number of rotatable bonds is 3. The van der Waals surface area contributed by atoms with Gasteiger partial charge in [0.2, 0.25) is 0 Å². The Morgan fingerprint density at radius 3 is 2.83 bits per heavy atom. The summed E-state index contributed by atoms with van der Waals surface area (Å²) in [6.07, 6.45) is 1.66. The molecule has 0 saturated carbocycles. The topological polar surface area (TPSA) is 77.0 Å². The number of pyridine rings is 1. The van der Waals surface area contributed by atoms with Gasteiger partial charge < -0.3 is 9.72 Å². The van der Waals surface area contributed by atoms with Crippen molar-refractivity contribution < 1.29 is 4.74 Å². The number of aromatic amines is 1. The van der Waals surface area contributed by atoms with Gasteiger partial charge in [-0.3, -0.25) is 9.36 Å². The van der Waals surface area contributed by atoms with E-state index in [0.717, 1.165) is 39.9 Å². The first-order chi connectivity index (χ1) is 14.0. The Morgan fingerprint density at radius 2 is 2.07 bits per heavy atom. The average molecular weight is 407 g/mol. The van der Waals surface area contributed by atoms with E-state index in [0.29, 0.717) is 16.8 Å². The Morgan fingerprint density at radius 1 is 1.28 bits per heavy atom. The maximum Gasteiger partial charge on any atom is 0.329 e. The van der Waals surface area contributed by atoms with Crippen LogP contribution in [0.25, 0.3) is 20.4 Å². The zero-order valence-corrected chi connectivity index (χ0v) is 17.1. The highest BCUT2D eigenvalue weighted by Crippen LogP contribution is 2.35. The van der Waals surface area contributed by atoms with Crippen LogP contribution in [0, 0.1) is 0 Å². The summed E-state index contributed by atoms with van der Waals surface area (Å²) in [7, 11) is 0. The molecule has 1 atom stereocenters. The quantitative estimate of drug-likeness (QED) is 0.563. The van der Waals surface area contributed by atoms with Gasteiger partial charge in [0, 0.05) is 17.4 Å². The van der Waals surface area contributed by atoms with Gasteiger partial charge >= 0.3 is 5.69 Å². The van der Waals surface area contributed by atoms with Crippen molar-refractivity contribution >= 4 is 31.8 Å². The number of hydrogen-bond acceptors (Lipinski definition) is 5. The standard InChI is InChI=1S/C22H21N3O3S/c1-3-22(2)10-16-14(12-28-22)9-15-17-18(29-19(15)23-16)20(26)25(21(27)24-17)11-13-7-5-4-6-8-13/h4-9H,3,10-12H2,1-2H3,(H,24,27). The Labute approximate surface area is 170 Å². The minimum Gasteiger partial charge on any atom is -0.370 e. The van der Waals surface area contributed by atoms with Crippen molar-refractivity contribution in [1.82, 2.24) is 14.5 Å². The fourth-order valence-electron chi connectivity index (χ4n) is 3.84. The van der Waals surface area contributed by atoms with Gasteiger partial charge in [-0.2, -0.15) is 0 Å². The third-order valence-corrected chi connectivity index (χ3v) is 6.90.